The van der Waals surface area contributed by atoms with Crippen molar-refractivity contribution in [3.8, 4) is 11.8 Å². The highest BCUT2D eigenvalue weighted by Crippen LogP contribution is 2.40. The summed E-state index contributed by atoms with van der Waals surface area (Å²) in [6.07, 6.45) is 6.88. The molecule has 25 heavy (non-hydrogen) atoms. The van der Waals surface area contributed by atoms with Gasteiger partial charge in [0.05, 0.1) is 26.0 Å². The molecule has 0 radical (unpaired) electrons. The van der Waals surface area contributed by atoms with E-state index >= 15 is 0 Å². The summed E-state index contributed by atoms with van der Waals surface area (Å²) < 4.78 is 16.2. The monoisotopic (exact) mass is 344 g/mol. The number of aromatic nitrogens is 3. The third-order valence-electron chi connectivity index (χ3n) is 4.48. The van der Waals surface area contributed by atoms with E-state index in [1.54, 1.807) is 17.2 Å². The summed E-state index contributed by atoms with van der Waals surface area (Å²) in [5.74, 6) is 1.95. The van der Waals surface area contributed by atoms with Crippen LogP contribution in [0.2, 0.25) is 0 Å². The minimum atomic E-state index is -0.131. The Morgan fingerprint density at radius 3 is 2.92 bits per heavy atom. The highest BCUT2D eigenvalue weighted by molar-refractivity contribution is 5.92. The van der Waals surface area contributed by atoms with Gasteiger partial charge in [0.15, 0.2) is 5.69 Å². The van der Waals surface area contributed by atoms with Crippen molar-refractivity contribution in [3.05, 3.63) is 29.9 Å². The van der Waals surface area contributed by atoms with Gasteiger partial charge in [-0.2, -0.15) is 4.98 Å². The second-order valence-corrected chi connectivity index (χ2v) is 6.42. The Kier molecular flexibility index (Phi) is 4.25. The van der Waals surface area contributed by atoms with Gasteiger partial charge in [-0.15, -0.1) is 0 Å². The van der Waals surface area contributed by atoms with Crippen molar-refractivity contribution >= 4 is 5.91 Å². The van der Waals surface area contributed by atoms with Crippen molar-refractivity contribution < 1.29 is 18.8 Å². The number of hydrogen-bond donors (Lipinski definition) is 0. The van der Waals surface area contributed by atoms with Crippen LogP contribution in [0.5, 0.6) is 11.8 Å². The van der Waals surface area contributed by atoms with Crippen LogP contribution < -0.4 is 9.47 Å². The third-order valence-corrected chi connectivity index (χ3v) is 4.48. The normalized spacial score (nSPS) is 20.4. The van der Waals surface area contributed by atoms with Gasteiger partial charge in [-0.1, -0.05) is 5.16 Å². The summed E-state index contributed by atoms with van der Waals surface area (Å²) in [5.41, 5.74) is 0.378. The van der Waals surface area contributed by atoms with E-state index in [-0.39, 0.29) is 12.0 Å². The number of rotatable bonds is 5. The van der Waals surface area contributed by atoms with Crippen molar-refractivity contribution in [1.29, 1.82) is 0 Å². The van der Waals surface area contributed by atoms with Crippen LogP contribution in [0.1, 0.15) is 47.8 Å². The number of carbonyl (C=O) groups is 1. The Bertz CT molecular complexity index is 759. The lowest BCUT2D eigenvalue weighted by Crippen LogP contribution is -2.44. The molecule has 4 rings (SSSR count). The SMILES string of the molecule is COc1cncc(O[C@H]2CCCN(C(=O)c3cc(C4CC4)on3)C2)n1. The summed E-state index contributed by atoms with van der Waals surface area (Å²) in [7, 11) is 1.53. The summed E-state index contributed by atoms with van der Waals surface area (Å²) in [4.78, 5) is 22.7. The molecule has 2 aliphatic rings. The van der Waals surface area contributed by atoms with Gasteiger partial charge in [-0.25, -0.2) is 0 Å². The zero-order chi connectivity index (χ0) is 17.2. The number of piperidine rings is 1. The minimum Gasteiger partial charge on any atom is -0.480 e. The highest BCUT2D eigenvalue weighted by atomic mass is 16.5. The molecule has 1 atom stereocenters. The molecule has 1 saturated carbocycles. The van der Waals surface area contributed by atoms with E-state index in [2.05, 4.69) is 15.1 Å². The number of hydrogen-bond acceptors (Lipinski definition) is 7. The molecule has 3 heterocycles. The molecule has 2 aromatic heterocycles. The molecule has 0 N–H and O–H groups in total. The molecule has 1 aliphatic carbocycles. The second-order valence-electron chi connectivity index (χ2n) is 6.42. The molecule has 0 unspecified atom stereocenters. The molecule has 0 spiro atoms. The summed E-state index contributed by atoms with van der Waals surface area (Å²) in [6, 6.07) is 1.78. The van der Waals surface area contributed by atoms with Gasteiger partial charge in [0.1, 0.15) is 11.9 Å². The topological polar surface area (TPSA) is 90.6 Å². The van der Waals surface area contributed by atoms with Gasteiger partial charge >= 0.3 is 0 Å². The van der Waals surface area contributed by atoms with E-state index in [1.165, 1.54) is 13.3 Å². The maximum absolute atomic E-state index is 12.7. The zero-order valence-electron chi connectivity index (χ0n) is 14.1. The fourth-order valence-corrected chi connectivity index (χ4v) is 2.99. The molecule has 0 bridgehead atoms. The van der Waals surface area contributed by atoms with Crippen molar-refractivity contribution in [1.82, 2.24) is 20.0 Å². The first-order valence-electron chi connectivity index (χ1n) is 8.51. The van der Waals surface area contributed by atoms with Crippen LogP contribution in [0.25, 0.3) is 0 Å². The summed E-state index contributed by atoms with van der Waals surface area (Å²) >= 11 is 0. The van der Waals surface area contributed by atoms with Crippen LogP contribution >= 0.6 is 0 Å². The Labute approximate surface area is 145 Å². The van der Waals surface area contributed by atoms with Gasteiger partial charge in [-0.3, -0.25) is 9.78 Å². The Morgan fingerprint density at radius 2 is 2.12 bits per heavy atom. The molecule has 2 aromatic rings. The number of amides is 1. The van der Waals surface area contributed by atoms with E-state index in [0.717, 1.165) is 31.4 Å². The van der Waals surface area contributed by atoms with Gasteiger partial charge in [0.25, 0.3) is 5.91 Å². The summed E-state index contributed by atoms with van der Waals surface area (Å²) in [6.45, 7) is 1.18. The fourth-order valence-electron chi connectivity index (χ4n) is 2.99. The fraction of sp³-hybridized carbons (Fsp3) is 0.529. The van der Waals surface area contributed by atoms with Gasteiger partial charge in [0, 0.05) is 18.5 Å². The first kappa shape index (κ1) is 15.9. The lowest BCUT2D eigenvalue weighted by molar-refractivity contribution is 0.0516. The molecular formula is C17H20N4O4. The zero-order valence-corrected chi connectivity index (χ0v) is 14.1. The van der Waals surface area contributed by atoms with E-state index in [0.29, 0.717) is 36.5 Å². The molecule has 8 heteroatoms. The molecule has 0 aromatic carbocycles. The molecular weight excluding hydrogens is 324 g/mol. The lowest BCUT2D eigenvalue weighted by Gasteiger charge is -2.32. The van der Waals surface area contributed by atoms with E-state index in [9.17, 15) is 4.79 Å². The average Bonchev–Trinajstić information content (AvgIpc) is 3.38. The van der Waals surface area contributed by atoms with Crippen LogP contribution in [0, 0.1) is 0 Å². The maximum atomic E-state index is 12.7. The maximum Gasteiger partial charge on any atom is 0.276 e. The van der Waals surface area contributed by atoms with Crippen molar-refractivity contribution in [2.75, 3.05) is 20.2 Å². The van der Waals surface area contributed by atoms with Crippen molar-refractivity contribution in [3.63, 3.8) is 0 Å². The molecule has 2 fully saturated rings. The molecule has 1 saturated heterocycles. The Morgan fingerprint density at radius 1 is 1.28 bits per heavy atom. The number of methoxy groups -OCH3 is 1. The average molecular weight is 344 g/mol. The van der Waals surface area contributed by atoms with Crippen LogP contribution in [0.3, 0.4) is 0 Å². The van der Waals surface area contributed by atoms with E-state index in [1.807, 2.05) is 0 Å². The van der Waals surface area contributed by atoms with Crippen LogP contribution in [-0.2, 0) is 0 Å². The molecule has 1 amide bonds. The van der Waals surface area contributed by atoms with E-state index in [4.69, 9.17) is 14.0 Å². The first-order chi connectivity index (χ1) is 12.2. The number of nitrogens with zero attached hydrogens (tertiary/aromatic N) is 4. The largest absolute Gasteiger partial charge is 0.480 e. The van der Waals surface area contributed by atoms with Crippen molar-refractivity contribution in [2.24, 2.45) is 0 Å². The smallest absolute Gasteiger partial charge is 0.276 e. The lowest BCUT2D eigenvalue weighted by atomic mass is 10.1. The second kappa shape index (κ2) is 6.70. The number of ether oxygens (including phenoxy) is 2. The predicted octanol–water partition coefficient (Wildman–Crippen LogP) is 2.03. The standard InChI is InChI=1S/C17H20N4O4/c1-23-15-8-18-9-16(19-15)24-12-3-2-6-21(10-12)17(22)13-7-14(25-20-13)11-4-5-11/h7-9,11-12H,2-6,10H2,1H3/t12-/m0/s1. The van der Waals surface area contributed by atoms with Crippen LogP contribution in [-0.4, -0.2) is 52.2 Å². The van der Waals surface area contributed by atoms with Gasteiger partial charge < -0.3 is 18.9 Å². The molecule has 1 aliphatic heterocycles. The molecule has 8 nitrogen and oxygen atoms in total. The number of carbonyl (C=O) groups excluding carboxylic acids is 1. The minimum absolute atomic E-state index is 0.110. The van der Waals surface area contributed by atoms with Gasteiger partial charge in [-0.05, 0) is 25.7 Å². The van der Waals surface area contributed by atoms with Gasteiger partial charge in [0.2, 0.25) is 11.8 Å². The predicted molar refractivity (Wildman–Crippen MR) is 86.6 cm³/mol. The van der Waals surface area contributed by atoms with E-state index < -0.39 is 0 Å². The first-order valence-corrected chi connectivity index (χ1v) is 8.51. The summed E-state index contributed by atoms with van der Waals surface area (Å²) in [5, 5.41) is 3.94. The Hall–Kier alpha value is -2.64. The number of likely N-dealkylation sites (tertiary alicyclic amines) is 1. The third kappa shape index (κ3) is 3.57. The highest BCUT2D eigenvalue weighted by Gasteiger charge is 2.31. The van der Waals surface area contributed by atoms with Crippen LogP contribution in [0.15, 0.2) is 23.0 Å². The molecule has 132 valence electrons. The Balaban J connectivity index is 1.40. The van der Waals surface area contributed by atoms with Crippen LogP contribution in [0.4, 0.5) is 0 Å². The van der Waals surface area contributed by atoms with Crippen molar-refractivity contribution in [2.45, 2.75) is 37.7 Å². The quantitative estimate of drug-likeness (QED) is 0.819.